The number of amides is 1. The fourth-order valence-corrected chi connectivity index (χ4v) is 6.07. The Labute approximate surface area is 212 Å². The fourth-order valence-electron chi connectivity index (χ4n) is 3.81. The van der Waals surface area contributed by atoms with E-state index in [1.54, 1.807) is 36.4 Å². The first kappa shape index (κ1) is 22.9. The fraction of sp³-hybridized carbons (Fsp3) is 0.125. The first-order valence-corrected chi connectivity index (χ1v) is 12.7. The van der Waals surface area contributed by atoms with Crippen LogP contribution in [0.4, 0.5) is 5.13 Å². The molecule has 1 unspecified atom stereocenters. The molecule has 1 N–H and O–H groups in total. The highest BCUT2D eigenvalue weighted by molar-refractivity contribution is 7.22. The zero-order valence-electron chi connectivity index (χ0n) is 17.6. The summed E-state index contributed by atoms with van der Waals surface area (Å²) in [5, 5.41) is 14.4. The Kier molecular flexibility index (Phi) is 6.07. The van der Waals surface area contributed by atoms with Crippen molar-refractivity contribution in [2.24, 2.45) is 0 Å². The van der Waals surface area contributed by atoms with E-state index in [1.165, 1.54) is 27.6 Å². The van der Waals surface area contributed by atoms with Crippen LogP contribution in [0.2, 0.25) is 10.0 Å². The molecule has 1 fully saturated rings. The second-order valence-corrected chi connectivity index (χ2v) is 10.2. The number of Topliss-reactive ketones (excluding diaryl/α,β-unsaturated/α-hetero) is 1. The summed E-state index contributed by atoms with van der Waals surface area (Å²) in [5.41, 5.74) is 0.966. The zero-order valence-corrected chi connectivity index (χ0v) is 20.8. The maximum Gasteiger partial charge on any atom is 0.301 e. The van der Waals surface area contributed by atoms with Crippen LogP contribution in [0.25, 0.3) is 16.0 Å². The number of nitrogens with zero attached hydrogens (tertiary/aromatic N) is 2. The van der Waals surface area contributed by atoms with Crippen molar-refractivity contribution in [1.82, 2.24) is 4.98 Å². The lowest BCUT2D eigenvalue weighted by Gasteiger charge is -2.21. The summed E-state index contributed by atoms with van der Waals surface area (Å²) >= 11 is 14.9. The van der Waals surface area contributed by atoms with E-state index in [4.69, 9.17) is 27.9 Å². The Morgan fingerprint density at radius 3 is 2.74 bits per heavy atom. The monoisotopic (exact) mass is 530 g/mol. The van der Waals surface area contributed by atoms with Gasteiger partial charge >= 0.3 is 5.91 Å². The topological polar surface area (TPSA) is 79.7 Å². The van der Waals surface area contributed by atoms with Gasteiger partial charge in [-0.3, -0.25) is 14.5 Å². The molecular weight excluding hydrogens is 515 g/mol. The number of carbonyl (C=O) groups excluding carboxylic acids is 2. The number of aliphatic hydroxyl groups is 1. The van der Waals surface area contributed by atoms with Gasteiger partial charge in [-0.25, -0.2) is 4.98 Å². The summed E-state index contributed by atoms with van der Waals surface area (Å²) in [6.07, 6.45) is 0. The molecule has 10 heteroatoms. The third-order valence-electron chi connectivity index (χ3n) is 5.31. The SMILES string of the molecule is CCOc1cc(/C(O)=C2\C(=O)C(=O)N(c3nc4ccc(Cl)cc4s3)C2c2cccs2)ccc1Cl. The van der Waals surface area contributed by atoms with Crippen molar-refractivity contribution in [2.75, 3.05) is 11.5 Å². The Hall–Kier alpha value is -2.91. The van der Waals surface area contributed by atoms with Crippen LogP contribution in [0.5, 0.6) is 5.75 Å². The smallest absolute Gasteiger partial charge is 0.301 e. The summed E-state index contributed by atoms with van der Waals surface area (Å²) < 4.78 is 6.31. The number of aliphatic hydroxyl groups excluding tert-OH is 1. The van der Waals surface area contributed by atoms with Crippen LogP contribution in [0.1, 0.15) is 23.4 Å². The Morgan fingerprint density at radius 2 is 2.00 bits per heavy atom. The van der Waals surface area contributed by atoms with Crippen LogP contribution in [0.3, 0.4) is 0 Å². The molecule has 0 aliphatic carbocycles. The molecule has 0 bridgehead atoms. The number of hydrogen-bond donors (Lipinski definition) is 1. The van der Waals surface area contributed by atoms with E-state index >= 15 is 0 Å². The van der Waals surface area contributed by atoms with Crippen LogP contribution >= 0.6 is 45.9 Å². The van der Waals surface area contributed by atoms with Crippen LogP contribution in [0, 0.1) is 0 Å². The van der Waals surface area contributed by atoms with Crippen LogP contribution in [0.15, 0.2) is 59.5 Å². The quantitative estimate of drug-likeness (QED) is 0.176. The second kappa shape index (κ2) is 9.03. The average Bonchev–Trinajstić information content (AvgIpc) is 3.53. The molecule has 4 aromatic rings. The molecule has 0 spiro atoms. The molecule has 1 atom stereocenters. The van der Waals surface area contributed by atoms with Gasteiger partial charge in [0.1, 0.15) is 17.6 Å². The number of rotatable bonds is 5. The molecule has 3 heterocycles. The Balaban J connectivity index is 1.69. The number of hydrogen-bond acceptors (Lipinski definition) is 7. The summed E-state index contributed by atoms with van der Waals surface area (Å²) in [6.45, 7) is 2.20. The number of fused-ring (bicyclic) bond motifs is 1. The van der Waals surface area contributed by atoms with Gasteiger partial charge in [0.25, 0.3) is 5.78 Å². The number of carbonyl (C=O) groups is 2. The lowest BCUT2D eigenvalue weighted by molar-refractivity contribution is -0.132. The molecule has 2 aromatic heterocycles. The number of thiazole rings is 1. The molecule has 34 heavy (non-hydrogen) atoms. The third-order valence-corrected chi connectivity index (χ3v) is 7.80. The van der Waals surface area contributed by atoms with Crippen LogP contribution in [-0.2, 0) is 9.59 Å². The largest absolute Gasteiger partial charge is 0.507 e. The minimum absolute atomic E-state index is 0.0190. The van der Waals surface area contributed by atoms with Gasteiger partial charge in [0.05, 0.1) is 27.4 Å². The van der Waals surface area contributed by atoms with E-state index < -0.39 is 17.7 Å². The van der Waals surface area contributed by atoms with E-state index in [-0.39, 0.29) is 11.3 Å². The van der Waals surface area contributed by atoms with Crippen LogP contribution < -0.4 is 9.64 Å². The lowest BCUT2D eigenvalue weighted by Crippen LogP contribution is -2.28. The predicted molar refractivity (Wildman–Crippen MR) is 136 cm³/mol. The van der Waals surface area contributed by atoms with Crippen molar-refractivity contribution in [3.05, 3.63) is 80.0 Å². The average molecular weight is 531 g/mol. The molecule has 1 aliphatic heterocycles. The first-order valence-electron chi connectivity index (χ1n) is 10.2. The maximum absolute atomic E-state index is 13.3. The van der Waals surface area contributed by atoms with E-state index in [9.17, 15) is 14.7 Å². The Morgan fingerprint density at radius 1 is 1.18 bits per heavy atom. The summed E-state index contributed by atoms with van der Waals surface area (Å²) in [7, 11) is 0. The normalized spacial score (nSPS) is 17.6. The zero-order chi connectivity index (χ0) is 24.0. The first-order chi connectivity index (χ1) is 16.4. The maximum atomic E-state index is 13.3. The molecule has 5 rings (SSSR count). The van der Waals surface area contributed by atoms with Crippen molar-refractivity contribution in [2.45, 2.75) is 13.0 Å². The number of aromatic nitrogens is 1. The molecular formula is C24H16Cl2N2O4S2. The van der Waals surface area contributed by atoms with Crippen molar-refractivity contribution in [3.8, 4) is 5.75 Å². The van der Waals surface area contributed by atoms with E-state index in [2.05, 4.69) is 4.98 Å². The lowest BCUT2D eigenvalue weighted by atomic mass is 10.00. The predicted octanol–water partition coefficient (Wildman–Crippen LogP) is 6.69. The van der Waals surface area contributed by atoms with Gasteiger partial charge in [0.2, 0.25) is 0 Å². The highest BCUT2D eigenvalue weighted by Gasteiger charge is 2.48. The van der Waals surface area contributed by atoms with Gasteiger partial charge in [-0.05, 0) is 54.8 Å². The third kappa shape index (κ3) is 3.86. The molecule has 1 aliphatic rings. The highest BCUT2D eigenvalue weighted by Crippen LogP contribution is 2.46. The molecule has 172 valence electrons. The molecule has 2 aromatic carbocycles. The minimum Gasteiger partial charge on any atom is -0.507 e. The van der Waals surface area contributed by atoms with E-state index in [1.807, 2.05) is 24.4 Å². The number of ketones is 1. The number of ether oxygens (including phenoxy) is 1. The van der Waals surface area contributed by atoms with Crippen molar-refractivity contribution >= 4 is 78.7 Å². The highest BCUT2D eigenvalue weighted by atomic mass is 35.5. The number of benzene rings is 2. The van der Waals surface area contributed by atoms with Gasteiger partial charge in [-0.1, -0.05) is 40.6 Å². The van der Waals surface area contributed by atoms with Crippen molar-refractivity contribution < 1.29 is 19.4 Å². The number of thiophene rings is 1. The minimum atomic E-state index is -0.831. The van der Waals surface area contributed by atoms with Crippen LogP contribution in [-0.4, -0.2) is 28.4 Å². The van der Waals surface area contributed by atoms with E-state index in [0.29, 0.717) is 38.6 Å². The van der Waals surface area contributed by atoms with Gasteiger partial charge in [-0.2, -0.15) is 0 Å². The van der Waals surface area contributed by atoms with Gasteiger partial charge in [0, 0.05) is 15.5 Å². The van der Waals surface area contributed by atoms with Gasteiger partial charge in [0.15, 0.2) is 5.13 Å². The van der Waals surface area contributed by atoms with Gasteiger partial charge < -0.3 is 9.84 Å². The number of halogens is 2. The number of anilines is 1. The summed E-state index contributed by atoms with van der Waals surface area (Å²) in [6, 6.07) is 12.8. The second-order valence-electron chi connectivity index (χ2n) is 7.37. The van der Waals surface area contributed by atoms with E-state index in [0.717, 1.165) is 9.58 Å². The molecule has 6 nitrogen and oxygen atoms in total. The summed E-state index contributed by atoms with van der Waals surface area (Å²) in [5.74, 6) is -1.48. The summed E-state index contributed by atoms with van der Waals surface area (Å²) in [4.78, 5) is 33.1. The van der Waals surface area contributed by atoms with Crippen molar-refractivity contribution in [1.29, 1.82) is 0 Å². The molecule has 0 radical (unpaired) electrons. The Bertz CT molecular complexity index is 1460. The molecule has 1 amide bonds. The van der Waals surface area contributed by atoms with Gasteiger partial charge in [-0.15, -0.1) is 11.3 Å². The molecule has 1 saturated heterocycles. The standard InChI is InChI=1S/C24H16Cl2N2O4S2/c1-2-32-16-10-12(5-7-14(16)26)21(29)19-20(17-4-3-9-33-17)28(23(31)22(19)30)24-27-15-8-6-13(25)11-18(15)34-24/h3-11,20,29H,2H2,1H3/b21-19+. The molecule has 0 saturated carbocycles. The van der Waals surface area contributed by atoms with Crippen molar-refractivity contribution in [3.63, 3.8) is 0 Å².